The van der Waals surface area contributed by atoms with Crippen LogP contribution in [0.5, 0.6) is 0 Å². The summed E-state index contributed by atoms with van der Waals surface area (Å²) in [7, 11) is 0. The molecule has 0 saturated carbocycles. The number of benzene rings is 8. The van der Waals surface area contributed by atoms with Gasteiger partial charge in [0.25, 0.3) is 0 Å². The molecule has 3 nitrogen and oxygen atoms in total. The summed E-state index contributed by atoms with van der Waals surface area (Å²) < 4.78 is 2.63. The van der Waals surface area contributed by atoms with Crippen molar-refractivity contribution in [2.45, 2.75) is 0 Å². The molecule has 4 heteroatoms. The van der Waals surface area contributed by atoms with Gasteiger partial charge in [0.15, 0.2) is 17.5 Å². The van der Waals surface area contributed by atoms with Crippen LogP contribution in [0.15, 0.2) is 188 Å². The first-order valence-corrected chi connectivity index (χ1v) is 18.6. The molecule has 0 spiro atoms. The number of rotatable bonds is 6. The van der Waals surface area contributed by atoms with Gasteiger partial charge in [-0.1, -0.05) is 164 Å². The topological polar surface area (TPSA) is 38.7 Å². The van der Waals surface area contributed by atoms with Crippen LogP contribution in [-0.2, 0) is 0 Å². The van der Waals surface area contributed by atoms with Crippen LogP contribution < -0.4 is 0 Å². The Balaban J connectivity index is 1.04. The molecule has 2 aromatic heterocycles. The molecule has 0 aliphatic heterocycles. The van der Waals surface area contributed by atoms with E-state index in [1.54, 1.807) is 0 Å². The quantitative estimate of drug-likeness (QED) is 0.174. The highest BCUT2D eigenvalue weighted by Gasteiger charge is 2.15. The highest BCUT2D eigenvalue weighted by atomic mass is 32.1. The van der Waals surface area contributed by atoms with Gasteiger partial charge in [0.05, 0.1) is 0 Å². The Morgan fingerprint density at radius 1 is 0.302 bits per heavy atom. The number of fused-ring (bicyclic) bond motifs is 4. The molecule has 0 amide bonds. The Morgan fingerprint density at radius 2 is 0.774 bits per heavy atom. The van der Waals surface area contributed by atoms with Gasteiger partial charge in [0.1, 0.15) is 0 Å². The van der Waals surface area contributed by atoms with Crippen molar-refractivity contribution >= 4 is 42.3 Å². The maximum absolute atomic E-state index is 5.06. The minimum Gasteiger partial charge on any atom is -0.208 e. The lowest BCUT2D eigenvalue weighted by Gasteiger charge is -2.11. The van der Waals surface area contributed by atoms with E-state index in [1.165, 1.54) is 47.6 Å². The van der Waals surface area contributed by atoms with Crippen molar-refractivity contribution in [3.8, 4) is 67.5 Å². The molecule has 248 valence electrons. The van der Waals surface area contributed by atoms with E-state index >= 15 is 0 Å². The fourth-order valence-electron chi connectivity index (χ4n) is 7.21. The molecule has 0 saturated heterocycles. The third-order valence-electron chi connectivity index (χ3n) is 9.91. The Labute approximate surface area is 311 Å². The molecule has 0 radical (unpaired) electrons. The lowest BCUT2D eigenvalue weighted by atomic mass is 9.96. The van der Waals surface area contributed by atoms with E-state index in [0.717, 1.165) is 33.4 Å². The predicted molar refractivity (Wildman–Crippen MR) is 223 cm³/mol. The third-order valence-corrected chi connectivity index (χ3v) is 11.1. The van der Waals surface area contributed by atoms with Crippen LogP contribution in [0.4, 0.5) is 0 Å². The van der Waals surface area contributed by atoms with E-state index < -0.39 is 0 Å². The zero-order valence-corrected chi connectivity index (χ0v) is 29.5. The molecule has 10 aromatic rings. The summed E-state index contributed by atoms with van der Waals surface area (Å²) in [6.07, 6.45) is 0. The summed E-state index contributed by atoms with van der Waals surface area (Å²) in [5.41, 5.74) is 9.85. The molecule has 0 N–H and O–H groups in total. The fraction of sp³-hybridized carbons (Fsp3) is 0. The Bertz CT molecular complexity index is 2930. The summed E-state index contributed by atoms with van der Waals surface area (Å²) >= 11 is 1.88. The summed E-state index contributed by atoms with van der Waals surface area (Å²) in [4.78, 5) is 15.0. The first-order chi connectivity index (χ1) is 26.2. The van der Waals surface area contributed by atoms with Crippen LogP contribution in [0.2, 0.25) is 0 Å². The van der Waals surface area contributed by atoms with Crippen LogP contribution in [-0.4, -0.2) is 15.0 Å². The highest BCUT2D eigenvalue weighted by molar-refractivity contribution is 7.26. The smallest absolute Gasteiger partial charge is 0.164 e. The Hall–Kier alpha value is -6.75. The van der Waals surface area contributed by atoms with Crippen LogP contribution >= 0.6 is 11.3 Å². The number of thiophene rings is 1. The third kappa shape index (κ3) is 5.85. The first kappa shape index (κ1) is 31.0. The van der Waals surface area contributed by atoms with Crippen molar-refractivity contribution in [2.75, 3.05) is 0 Å². The van der Waals surface area contributed by atoms with Gasteiger partial charge >= 0.3 is 0 Å². The van der Waals surface area contributed by atoms with Gasteiger partial charge in [0.2, 0.25) is 0 Å². The number of aromatic nitrogens is 3. The van der Waals surface area contributed by atoms with Crippen LogP contribution in [0.25, 0.3) is 98.5 Å². The average Bonchev–Trinajstić information content (AvgIpc) is 3.61. The Kier molecular flexibility index (Phi) is 7.67. The normalized spacial score (nSPS) is 11.4. The molecule has 0 unspecified atom stereocenters. The molecular formula is C49H31N3S. The van der Waals surface area contributed by atoms with Gasteiger partial charge in [-0.05, 0) is 68.4 Å². The monoisotopic (exact) mass is 693 g/mol. The number of hydrogen-bond acceptors (Lipinski definition) is 4. The molecule has 53 heavy (non-hydrogen) atoms. The van der Waals surface area contributed by atoms with Gasteiger partial charge in [-0.25, -0.2) is 15.0 Å². The molecule has 0 aliphatic rings. The van der Waals surface area contributed by atoms with Crippen molar-refractivity contribution in [3.63, 3.8) is 0 Å². The average molecular weight is 694 g/mol. The van der Waals surface area contributed by atoms with E-state index in [4.69, 9.17) is 15.0 Å². The molecule has 0 fully saturated rings. The van der Waals surface area contributed by atoms with Crippen molar-refractivity contribution in [1.82, 2.24) is 15.0 Å². The zero-order valence-electron chi connectivity index (χ0n) is 28.6. The summed E-state index contributed by atoms with van der Waals surface area (Å²) in [6, 6.07) is 66.4. The molecule has 0 aliphatic carbocycles. The molecular weight excluding hydrogens is 663 g/mol. The molecule has 0 atom stereocenters. The Morgan fingerprint density at radius 3 is 1.47 bits per heavy atom. The first-order valence-electron chi connectivity index (χ1n) is 17.8. The van der Waals surface area contributed by atoms with Crippen molar-refractivity contribution < 1.29 is 0 Å². The van der Waals surface area contributed by atoms with Gasteiger partial charge in [-0.2, -0.15) is 0 Å². The second-order valence-electron chi connectivity index (χ2n) is 13.3. The maximum Gasteiger partial charge on any atom is 0.164 e. The molecule has 0 bridgehead atoms. The molecule has 8 aromatic carbocycles. The summed E-state index contributed by atoms with van der Waals surface area (Å²) in [5.74, 6) is 1.93. The molecule has 2 heterocycles. The second-order valence-corrected chi connectivity index (χ2v) is 14.3. The minimum atomic E-state index is 0.640. The van der Waals surface area contributed by atoms with E-state index in [1.807, 2.05) is 47.7 Å². The van der Waals surface area contributed by atoms with Crippen molar-refractivity contribution in [1.29, 1.82) is 0 Å². The SMILES string of the molecule is c1ccc(-c2ccc(-c3nc(-c4ccccc4)nc(-c4cccc(-c5cccc(-c6cccc7c6sc6cc8ccccc8cc67)c5)c4)n3)cc2)cc1. The van der Waals surface area contributed by atoms with E-state index in [9.17, 15) is 0 Å². The van der Waals surface area contributed by atoms with Crippen molar-refractivity contribution in [3.05, 3.63) is 188 Å². The van der Waals surface area contributed by atoms with Crippen LogP contribution in [0.3, 0.4) is 0 Å². The van der Waals surface area contributed by atoms with Crippen molar-refractivity contribution in [2.24, 2.45) is 0 Å². The van der Waals surface area contributed by atoms with E-state index in [0.29, 0.717) is 17.5 Å². The summed E-state index contributed by atoms with van der Waals surface area (Å²) in [6.45, 7) is 0. The van der Waals surface area contributed by atoms with Gasteiger partial charge < -0.3 is 0 Å². The fourth-order valence-corrected chi connectivity index (χ4v) is 8.48. The lowest BCUT2D eigenvalue weighted by molar-refractivity contribution is 1.07. The number of hydrogen-bond donors (Lipinski definition) is 0. The van der Waals surface area contributed by atoms with E-state index in [-0.39, 0.29) is 0 Å². The lowest BCUT2D eigenvalue weighted by Crippen LogP contribution is -2.00. The van der Waals surface area contributed by atoms with Crippen LogP contribution in [0.1, 0.15) is 0 Å². The standard InChI is InChI=1S/C49H31N3S/c1-3-12-32(13-4-1)33-24-26-35(27-25-33)48-50-47(34-14-5-2-6-15-34)51-49(52-48)41-21-10-19-37(29-41)36-18-9-20-40(28-36)42-22-11-23-43-44-30-38-16-7-8-17-39(38)31-45(44)53-46(42)43/h1-31H. The van der Waals surface area contributed by atoms with Gasteiger partial charge in [-0.3, -0.25) is 0 Å². The van der Waals surface area contributed by atoms with Gasteiger partial charge in [0, 0.05) is 36.9 Å². The largest absolute Gasteiger partial charge is 0.208 e. The number of nitrogens with zero attached hydrogens (tertiary/aromatic N) is 3. The maximum atomic E-state index is 5.06. The summed E-state index contributed by atoms with van der Waals surface area (Å²) in [5, 5.41) is 5.16. The predicted octanol–water partition coefficient (Wildman–Crippen LogP) is 13.4. The minimum absolute atomic E-state index is 0.640. The second kappa shape index (κ2) is 13.1. The van der Waals surface area contributed by atoms with Crippen LogP contribution in [0, 0.1) is 0 Å². The van der Waals surface area contributed by atoms with Gasteiger partial charge in [-0.15, -0.1) is 11.3 Å². The zero-order chi connectivity index (χ0) is 35.1. The highest BCUT2D eigenvalue weighted by Crippen LogP contribution is 2.42. The van der Waals surface area contributed by atoms with E-state index in [2.05, 4.69) is 152 Å². The molecule has 10 rings (SSSR count).